The molecule has 6 rings (SSSR count). The van der Waals surface area contributed by atoms with Gasteiger partial charge in [0.15, 0.2) is 5.78 Å². The van der Waals surface area contributed by atoms with Gasteiger partial charge < -0.3 is 30.9 Å². The summed E-state index contributed by atoms with van der Waals surface area (Å²) in [5.74, 6) is -4.00. The lowest BCUT2D eigenvalue weighted by Crippen LogP contribution is -2.56. The summed E-state index contributed by atoms with van der Waals surface area (Å²) in [7, 11) is 0. The maximum absolute atomic E-state index is 13.6. The molecule has 2 aromatic rings. The van der Waals surface area contributed by atoms with Gasteiger partial charge in [0.1, 0.15) is 33.6 Å². The molecule has 0 saturated carbocycles. The highest BCUT2D eigenvalue weighted by molar-refractivity contribution is 7.13. The van der Waals surface area contributed by atoms with Gasteiger partial charge in [0, 0.05) is 41.1 Å². The summed E-state index contributed by atoms with van der Waals surface area (Å²) in [4.78, 5) is 32.6. The van der Waals surface area contributed by atoms with Crippen molar-refractivity contribution in [3.63, 3.8) is 0 Å². The van der Waals surface area contributed by atoms with Crippen LogP contribution in [0.5, 0.6) is 5.75 Å². The number of primary amides is 1. The standard InChI is InChI=1S/C29H31N3O7S/c1-12(2)17-11-40-29(31-17)14-3-4-18(33)20-15(14)9-13-10-16-21(25(35)19(13)24(20)34)26(36)22(28(30)38)27(37)23(16)32-5-7-39-8-6-32/h3-4,11-13,16,23,33-36H,5-10H2,1-2H3,(H2,30,38)/t13-,16+,23+/m0/s1. The second kappa shape index (κ2) is 9.76. The van der Waals surface area contributed by atoms with Crippen LogP contribution in [0.3, 0.4) is 0 Å². The highest BCUT2D eigenvalue weighted by Gasteiger charge is 2.52. The van der Waals surface area contributed by atoms with Gasteiger partial charge in [0.2, 0.25) is 0 Å². The molecule has 10 nitrogen and oxygen atoms in total. The van der Waals surface area contributed by atoms with Gasteiger partial charge in [0.25, 0.3) is 5.91 Å². The van der Waals surface area contributed by atoms with Crippen LogP contribution in [0.4, 0.5) is 0 Å². The number of benzene rings is 1. The molecular formula is C29H31N3O7S. The molecule has 0 bridgehead atoms. The van der Waals surface area contributed by atoms with Gasteiger partial charge in [-0.05, 0) is 42.4 Å². The second-order valence-corrected chi connectivity index (χ2v) is 11.9. The van der Waals surface area contributed by atoms with Crippen molar-refractivity contribution in [2.45, 2.75) is 38.6 Å². The number of phenols is 1. The second-order valence-electron chi connectivity index (χ2n) is 11.0. The molecule has 1 saturated heterocycles. The van der Waals surface area contributed by atoms with Crippen LogP contribution in [-0.4, -0.2) is 74.3 Å². The molecule has 40 heavy (non-hydrogen) atoms. The van der Waals surface area contributed by atoms with E-state index < -0.39 is 46.7 Å². The van der Waals surface area contributed by atoms with Crippen molar-refractivity contribution in [1.29, 1.82) is 0 Å². The number of aromatic nitrogens is 1. The average molecular weight is 566 g/mol. The lowest BCUT2D eigenvalue weighted by Gasteiger charge is -2.46. The van der Waals surface area contributed by atoms with Crippen molar-refractivity contribution in [2.75, 3.05) is 26.3 Å². The number of phenolic OH excluding ortho intramolecular Hbond substituents is 1. The first kappa shape index (κ1) is 26.5. The molecule has 1 fully saturated rings. The Balaban J connectivity index is 1.53. The van der Waals surface area contributed by atoms with Crippen molar-refractivity contribution in [3.8, 4) is 16.3 Å². The number of Topliss-reactive ketones (excluding diaryl/α,β-unsaturated/α-hetero) is 1. The average Bonchev–Trinajstić information content (AvgIpc) is 3.39. The number of nitrogens with two attached hydrogens (primary N) is 1. The molecule has 2 heterocycles. The van der Waals surface area contributed by atoms with Crippen LogP contribution in [0.25, 0.3) is 16.3 Å². The number of aliphatic hydroxyl groups is 3. The number of morpholine rings is 1. The minimum absolute atomic E-state index is 0.0169. The van der Waals surface area contributed by atoms with Crippen molar-refractivity contribution in [2.24, 2.45) is 17.6 Å². The van der Waals surface area contributed by atoms with E-state index in [0.29, 0.717) is 44.7 Å². The number of hydrogen-bond donors (Lipinski definition) is 5. The molecular weight excluding hydrogens is 534 g/mol. The summed E-state index contributed by atoms with van der Waals surface area (Å²) in [5.41, 5.74) is 7.78. The first-order chi connectivity index (χ1) is 19.1. The van der Waals surface area contributed by atoms with E-state index in [1.165, 1.54) is 17.4 Å². The van der Waals surface area contributed by atoms with E-state index in [4.69, 9.17) is 15.5 Å². The largest absolute Gasteiger partial charge is 0.507 e. The highest BCUT2D eigenvalue weighted by Crippen LogP contribution is 2.53. The Morgan fingerprint density at radius 2 is 1.82 bits per heavy atom. The Hall–Kier alpha value is -3.67. The fraction of sp³-hybridized carbons (Fsp3) is 0.414. The number of carbonyl (C=O) groups is 2. The van der Waals surface area contributed by atoms with Crippen molar-refractivity contribution in [1.82, 2.24) is 9.88 Å². The predicted octanol–water partition coefficient (Wildman–Crippen LogP) is 3.49. The van der Waals surface area contributed by atoms with Crippen molar-refractivity contribution >= 4 is 28.8 Å². The molecule has 0 spiro atoms. The topological polar surface area (TPSA) is 166 Å². The minimum Gasteiger partial charge on any atom is -0.507 e. The Labute approximate surface area is 234 Å². The molecule has 3 aliphatic carbocycles. The first-order valence-corrected chi connectivity index (χ1v) is 14.2. The van der Waals surface area contributed by atoms with Crippen molar-refractivity contribution < 1.29 is 34.8 Å². The number of ketones is 1. The van der Waals surface area contributed by atoms with Crippen LogP contribution in [0.15, 0.2) is 45.8 Å². The van der Waals surface area contributed by atoms with Crippen LogP contribution in [0.1, 0.15) is 43.0 Å². The number of carbonyl (C=O) groups excluding carboxylic acids is 2. The lowest BCUT2D eigenvalue weighted by molar-refractivity contribution is -0.128. The van der Waals surface area contributed by atoms with Gasteiger partial charge >= 0.3 is 0 Å². The smallest absolute Gasteiger partial charge is 0.256 e. The maximum Gasteiger partial charge on any atom is 0.256 e. The lowest BCUT2D eigenvalue weighted by atomic mass is 9.64. The van der Waals surface area contributed by atoms with Gasteiger partial charge in [-0.15, -0.1) is 11.3 Å². The third-order valence-electron chi connectivity index (χ3n) is 8.48. The van der Waals surface area contributed by atoms with Gasteiger partial charge in [0.05, 0.1) is 30.5 Å². The Morgan fingerprint density at radius 3 is 2.48 bits per heavy atom. The van der Waals surface area contributed by atoms with Crippen LogP contribution < -0.4 is 5.73 Å². The number of allylic oxidation sites excluding steroid dienone is 2. The number of amides is 1. The van der Waals surface area contributed by atoms with E-state index in [-0.39, 0.29) is 34.1 Å². The molecule has 210 valence electrons. The minimum atomic E-state index is -1.08. The zero-order chi connectivity index (χ0) is 28.5. The summed E-state index contributed by atoms with van der Waals surface area (Å²) < 4.78 is 5.46. The molecule has 1 amide bonds. The zero-order valence-electron chi connectivity index (χ0n) is 22.2. The number of ether oxygens (including phenoxy) is 1. The van der Waals surface area contributed by atoms with Crippen LogP contribution in [0, 0.1) is 11.8 Å². The molecule has 1 aliphatic heterocycles. The number of fused-ring (bicyclic) bond motifs is 3. The zero-order valence-corrected chi connectivity index (χ0v) is 23.0. The van der Waals surface area contributed by atoms with Crippen LogP contribution in [0.2, 0.25) is 0 Å². The number of thiazole rings is 1. The summed E-state index contributed by atoms with van der Waals surface area (Å²) >= 11 is 1.49. The highest BCUT2D eigenvalue weighted by atomic mass is 32.1. The number of nitrogens with zero attached hydrogens (tertiary/aromatic N) is 2. The summed E-state index contributed by atoms with van der Waals surface area (Å²) in [6.45, 7) is 5.81. The van der Waals surface area contributed by atoms with E-state index in [9.17, 15) is 30.0 Å². The maximum atomic E-state index is 13.6. The normalized spacial score (nSPS) is 25.3. The number of aromatic hydroxyl groups is 1. The molecule has 4 aliphatic rings. The predicted molar refractivity (Wildman–Crippen MR) is 148 cm³/mol. The first-order valence-electron chi connectivity index (χ1n) is 13.4. The van der Waals surface area contributed by atoms with Gasteiger partial charge in [-0.1, -0.05) is 13.8 Å². The SMILES string of the molecule is CC(C)c1csc(-c2ccc(O)c3c2C[C@H]2C[C@@H]4C(=C(O)C2=C3O)C(O)=C(C(N)=O)C(=O)[C@@H]4N2CCOCC2)n1. The quantitative estimate of drug-likeness (QED) is 0.349. The summed E-state index contributed by atoms with van der Waals surface area (Å²) in [6, 6.07) is 2.45. The van der Waals surface area contributed by atoms with Gasteiger partial charge in [-0.3, -0.25) is 14.5 Å². The molecule has 11 heteroatoms. The number of aliphatic hydroxyl groups excluding tert-OH is 3. The Bertz CT molecular complexity index is 1530. The molecule has 1 aromatic carbocycles. The fourth-order valence-electron chi connectivity index (χ4n) is 6.59. The molecule has 6 N–H and O–H groups in total. The third-order valence-corrected chi connectivity index (χ3v) is 9.37. The molecule has 1 aromatic heterocycles. The van der Waals surface area contributed by atoms with Gasteiger partial charge in [-0.2, -0.15) is 0 Å². The molecule has 0 radical (unpaired) electrons. The third kappa shape index (κ3) is 3.94. The summed E-state index contributed by atoms with van der Waals surface area (Å²) in [5, 5.41) is 47.8. The van der Waals surface area contributed by atoms with Crippen LogP contribution >= 0.6 is 11.3 Å². The van der Waals surface area contributed by atoms with Gasteiger partial charge in [-0.25, -0.2) is 4.98 Å². The number of hydrogen-bond acceptors (Lipinski definition) is 10. The van der Waals surface area contributed by atoms with E-state index in [1.807, 2.05) is 10.3 Å². The number of rotatable bonds is 4. The summed E-state index contributed by atoms with van der Waals surface area (Å²) in [6.07, 6.45) is 0.673. The monoisotopic (exact) mass is 565 g/mol. The van der Waals surface area contributed by atoms with Crippen molar-refractivity contribution in [3.05, 3.63) is 62.6 Å². The van der Waals surface area contributed by atoms with E-state index in [2.05, 4.69) is 13.8 Å². The Kier molecular flexibility index (Phi) is 6.47. The molecule has 3 atom stereocenters. The Morgan fingerprint density at radius 1 is 1.10 bits per heavy atom. The van der Waals surface area contributed by atoms with E-state index in [0.717, 1.165) is 16.3 Å². The molecule has 0 unspecified atom stereocenters. The van der Waals surface area contributed by atoms with Crippen LogP contribution in [-0.2, 0) is 20.7 Å². The van der Waals surface area contributed by atoms with E-state index in [1.54, 1.807) is 6.07 Å². The fourth-order valence-corrected chi connectivity index (χ4v) is 7.62. The van der Waals surface area contributed by atoms with E-state index >= 15 is 0 Å².